The zero-order chi connectivity index (χ0) is 13.1. The van der Waals surface area contributed by atoms with Crippen molar-refractivity contribution in [1.82, 2.24) is 15.1 Å². The van der Waals surface area contributed by atoms with Gasteiger partial charge in [-0.05, 0) is 31.2 Å². The fourth-order valence-electron chi connectivity index (χ4n) is 2.01. The summed E-state index contributed by atoms with van der Waals surface area (Å²) in [6.45, 7) is 0. The third-order valence-electron chi connectivity index (χ3n) is 2.89. The van der Waals surface area contributed by atoms with E-state index in [1.54, 1.807) is 4.68 Å². The number of nitrogens with zero attached hydrogens (tertiary/aromatic N) is 2. The molecule has 2 aromatic rings. The minimum atomic E-state index is 0.0791. The summed E-state index contributed by atoms with van der Waals surface area (Å²) >= 11 is 12.5. The Bertz CT molecular complexity index is 517. The second kappa shape index (κ2) is 5.74. The van der Waals surface area contributed by atoms with Crippen LogP contribution in [0.25, 0.3) is 0 Å². The molecule has 1 atom stereocenters. The van der Waals surface area contributed by atoms with Crippen molar-refractivity contribution in [1.29, 1.82) is 0 Å². The SMILES string of the molecule is CNC(Cc1cnn(C)c1)c1c(Cl)cccc1Cl. The largest absolute Gasteiger partial charge is 0.313 e. The van der Waals surface area contributed by atoms with E-state index < -0.39 is 0 Å². The van der Waals surface area contributed by atoms with E-state index in [0.717, 1.165) is 17.5 Å². The highest BCUT2D eigenvalue weighted by Crippen LogP contribution is 2.31. The summed E-state index contributed by atoms with van der Waals surface area (Å²) in [5, 5.41) is 8.79. The molecule has 18 heavy (non-hydrogen) atoms. The fourth-order valence-corrected chi connectivity index (χ4v) is 2.67. The molecule has 0 aliphatic rings. The molecule has 1 unspecified atom stereocenters. The molecule has 0 aliphatic carbocycles. The van der Waals surface area contributed by atoms with Gasteiger partial charge in [-0.25, -0.2) is 0 Å². The van der Waals surface area contributed by atoms with Crippen LogP contribution >= 0.6 is 23.2 Å². The molecular formula is C13H15Cl2N3. The molecule has 96 valence electrons. The van der Waals surface area contributed by atoms with Gasteiger partial charge in [-0.15, -0.1) is 0 Å². The molecule has 1 aromatic carbocycles. The van der Waals surface area contributed by atoms with Crippen molar-refractivity contribution in [2.75, 3.05) is 7.05 Å². The summed E-state index contributed by atoms with van der Waals surface area (Å²) in [5.41, 5.74) is 2.08. The normalized spacial score (nSPS) is 12.7. The average molecular weight is 284 g/mol. The van der Waals surface area contributed by atoms with E-state index in [-0.39, 0.29) is 6.04 Å². The number of benzene rings is 1. The highest BCUT2D eigenvalue weighted by molar-refractivity contribution is 6.36. The zero-order valence-corrected chi connectivity index (χ0v) is 11.8. The molecule has 2 rings (SSSR count). The third-order valence-corrected chi connectivity index (χ3v) is 3.55. The van der Waals surface area contributed by atoms with Gasteiger partial charge in [-0.1, -0.05) is 29.3 Å². The summed E-state index contributed by atoms with van der Waals surface area (Å²) in [6.07, 6.45) is 4.65. The van der Waals surface area contributed by atoms with Gasteiger partial charge in [0.25, 0.3) is 0 Å². The Morgan fingerprint density at radius 2 is 2.00 bits per heavy atom. The fraction of sp³-hybridized carbons (Fsp3) is 0.308. The van der Waals surface area contributed by atoms with Crippen LogP contribution in [-0.4, -0.2) is 16.8 Å². The minimum absolute atomic E-state index is 0.0791. The Hall–Kier alpha value is -1.03. The smallest absolute Gasteiger partial charge is 0.0522 e. The number of hydrogen-bond donors (Lipinski definition) is 1. The quantitative estimate of drug-likeness (QED) is 0.934. The predicted octanol–water partition coefficient (Wildman–Crippen LogP) is 3.23. The van der Waals surface area contributed by atoms with Gasteiger partial charge in [0.2, 0.25) is 0 Å². The van der Waals surface area contributed by atoms with Gasteiger partial charge in [0.1, 0.15) is 0 Å². The number of halogens is 2. The molecule has 0 bridgehead atoms. The molecular weight excluding hydrogens is 269 g/mol. The molecule has 1 N–H and O–H groups in total. The highest BCUT2D eigenvalue weighted by atomic mass is 35.5. The molecule has 0 saturated carbocycles. The predicted molar refractivity (Wildman–Crippen MR) is 75.2 cm³/mol. The Kier molecular flexibility index (Phi) is 4.27. The van der Waals surface area contributed by atoms with Crippen LogP contribution < -0.4 is 5.32 Å². The van der Waals surface area contributed by atoms with Crippen molar-refractivity contribution in [3.8, 4) is 0 Å². The van der Waals surface area contributed by atoms with Gasteiger partial charge in [-0.2, -0.15) is 5.10 Å². The summed E-state index contributed by atoms with van der Waals surface area (Å²) < 4.78 is 1.79. The van der Waals surface area contributed by atoms with Crippen LogP contribution in [0.2, 0.25) is 10.0 Å². The van der Waals surface area contributed by atoms with Crippen LogP contribution in [0.3, 0.4) is 0 Å². The number of aromatic nitrogens is 2. The van der Waals surface area contributed by atoms with Crippen LogP contribution in [0.4, 0.5) is 0 Å². The molecule has 1 aromatic heterocycles. The van der Waals surface area contributed by atoms with Crippen molar-refractivity contribution < 1.29 is 0 Å². The Morgan fingerprint density at radius 1 is 1.33 bits per heavy atom. The monoisotopic (exact) mass is 283 g/mol. The number of likely N-dealkylation sites (N-methyl/N-ethyl adjacent to an activating group) is 1. The van der Waals surface area contributed by atoms with Crippen molar-refractivity contribution in [3.63, 3.8) is 0 Å². The van der Waals surface area contributed by atoms with E-state index in [0.29, 0.717) is 10.0 Å². The molecule has 0 spiro atoms. The van der Waals surface area contributed by atoms with Crippen molar-refractivity contribution in [2.45, 2.75) is 12.5 Å². The first kappa shape index (κ1) is 13.4. The third kappa shape index (κ3) is 2.86. The van der Waals surface area contributed by atoms with E-state index in [1.807, 2.05) is 44.7 Å². The summed E-state index contributed by atoms with van der Waals surface area (Å²) in [6, 6.07) is 5.65. The number of rotatable bonds is 4. The van der Waals surface area contributed by atoms with Crippen molar-refractivity contribution in [2.24, 2.45) is 7.05 Å². The Morgan fingerprint density at radius 3 is 2.50 bits per heavy atom. The van der Waals surface area contributed by atoms with E-state index in [2.05, 4.69) is 10.4 Å². The first-order valence-corrected chi connectivity index (χ1v) is 6.46. The molecule has 0 saturated heterocycles. The summed E-state index contributed by atoms with van der Waals surface area (Å²) in [4.78, 5) is 0. The molecule has 0 radical (unpaired) electrons. The highest BCUT2D eigenvalue weighted by Gasteiger charge is 2.17. The van der Waals surface area contributed by atoms with Crippen LogP contribution in [0.1, 0.15) is 17.2 Å². The van der Waals surface area contributed by atoms with E-state index in [9.17, 15) is 0 Å². The Balaban J connectivity index is 2.28. The first-order chi connectivity index (χ1) is 8.61. The lowest BCUT2D eigenvalue weighted by molar-refractivity contribution is 0.592. The van der Waals surface area contributed by atoms with E-state index in [1.165, 1.54) is 0 Å². The lowest BCUT2D eigenvalue weighted by Gasteiger charge is -2.18. The van der Waals surface area contributed by atoms with E-state index in [4.69, 9.17) is 23.2 Å². The van der Waals surface area contributed by atoms with Crippen LogP contribution in [0, 0.1) is 0 Å². The number of hydrogen-bond acceptors (Lipinski definition) is 2. The van der Waals surface area contributed by atoms with Gasteiger partial charge in [0, 0.05) is 34.9 Å². The second-order valence-electron chi connectivity index (χ2n) is 4.20. The van der Waals surface area contributed by atoms with Gasteiger partial charge < -0.3 is 5.32 Å². The molecule has 0 aliphatic heterocycles. The molecule has 3 nitrogen and oxygen atoms in total. The first-order valence-electron chi connectivity index (χ1n) is 5.70. The van der Waals surface area contributed by atoms with Gasteiger partial charge in [-0.3, -0.25) is 4.68 Å². The molecule has 1 heterocycles. The maximum atomic E-state index is 6.23. The molecule has 0 amide bonds. The second-order valence-corrected chi connectivity index (χ2v) is 5.02. The molecule has 5 heteroatoms. The zero-order valence-electron chi connectivity index (χ0n) is 10.3. The summed E-state index contributed by atoms with van der Waals surface area (Å²) in [7, 11) is 3.81. The van der Waals surface area contributed by atoms with Crippen LogP contribution in [-0.2, 0) is 13.5 Å². The van der Waals surface area contributed by atoms with Crippen LogP contribution in [0.15, 0.2) is 30.6 Å². The minimum Gasteiger partial charge on any atom is -0.313 e. The van der Waals surface area contributed by atoms with Crippen LogP contribution in [0.5, 0.6) is 0 Å². The van der Waals surface area contributed by atoms with E-state index >= 15 is 0 Å². The van der Waals surface area contributed by atoms with Gasteiger partial charge in [0.15, 0.2) is 0 Å². The van der Waals surface area contributed by atoms with Gasteiger partial charge in [0.05, 0.1) is 6.20 Å². The average Bonchev–Trinajstić information content (AvgIpc) is 2.73. The van der Waals surface area contributed by atoms with Gasteiger partial charge >= 0.3 is 0 Å². The standard InChI is InChI=1S/C13H15Cl2N3/c1-16-12(6-9-7-17-18(2)8-9)13-10(14)4-3-5-11(13)15/h3-5,7-8,12,16H,6H2,1-2H3. The Labute approximate surface area is 117 Å². The van der Waals surface area contributed by atoms with Crippen molar-refractivity contribution >= 4 is 23.2 Å². The maximum Gasteiger partial charge on any atom is 0.0522 e. The molecule has 0 fully saturated rings. The number of nitrogens with one attached hydrogen (secondary N) is 1. The maximum absolute atomic E-state index is 6.23. The summed E-state index contributed by atoms with van der Waals surface area (Å²) in [5.74, 6) is 0. The number of aryl methyl sites for hydroxylation is 1. The lowest BCUT2D eigenvalue weighted by atomic mass is 10.0. The van der Waals surface area contributed by atoms with Crippen molar-refractivity contribution in [3.05, 3.63) is 51.8 Å². The topological polar surface area (TPSA) is 29.9 Å². The lowest BCUT2D eigenvalue weighted by Crippen LogP contribution is -2.19.